The molecule has 0 fully saturated rings. The second-order valence-electron chi connectivity index (χ2n) is 5.91. The number of ether oxygens (including phenoxy) is 2. The average molecular weight is 375 g/mol. The van der Waals surface area contributed by atoms with Gasteiger partial charge in [-0.3, -0.25) is 9.59 Å². The van der Waals surface area contributed by atoms with Crippen LogP contribution in [0.3, 0.4) is 0 Å². The number of hydrogen-bond acceptors (Lipinski definition) is 4. The van der Waals surface area contributed by atoms with Gasteiger partial charge in [-0.05, 0) is 53.9 Å². The van der Waals surface area contributed by atoms with E-state index in [1.807, 2.05) is 12.1 Å². The fourth-order valence-electron chi connectivity index (χ4n) is 2.92. The molecule has 0 saturated carbocycles. The number of halogens is 1. The Morgan fingerprint density at radius 3 is 2.27 bits per heavy atom. The third-order valence-electron chi connectivity index (χ3n) is 4.30. The molecule has 0 bridgehead atoms. The summed E-state index contributed by atoms with van der Waals surface area (Å²) in [6, 6.07) is 10.4. The van der Waals surface area contributed by atoms with E-state index in [0.29, 0.717) is 41.7 Å². The zero-order chi connectivity index (χ0) is 18.7. The van der Waals surface area contributed by atoms with E-state index in [1.54, 1.807) is 38.5 Å². The van der Waals surface area contributed by atoms with Crippen molar-refractivity contribution >= 4 is 29.1 Å². The van der Waals surface area contributed by atoms with Crippen molar-refractivity contribution in [2.45, 2.75) is 13.0 Å². The number of amides is 2. The molecule has 2 amide bonds. The highest BCUT2D eigenvalue weighted by Gasteiger charge is 2.27. The minimum absolute atomic E-state index is 0.350. The van der Waals surface area contributed by atoms with Crippen molar-refractivity contribution in [3.8, 4) is 11.5 Å². The Kier molecular flexibility index (Phi) is 5.32. The second kappa shape index (κ2) is 7.66. The normalized spacial score (nSPS) is 13.0. The van der Waals surface area contributed by atoms with Crippen molar-refractivity contribution in [3.63, 3.8) is 0 Å². The maximum Gasteiger partial charge on any atom is 0.313 e. The van der Waals surface area contributed by atoms with Gasteiger partial charge in [0, 0.05) is 23.8 Å². The van der Waals surface area contributed by atoms with Crippen molar-refractivity contribution in [2.75, 3.05) is 26.1 Å². The number of fused-ring (bicyclic) bond motifs is 1. The number of nitrogens with zero attached hydrogens (tertiary/aromatic N) is 1. The molecule has 0 saturated heterocycles. The first-order valence-electron chi connectivity index (χ1n) is 8.11. The van der Waals surface area contributed by atoms with Crippen LogP contribution in [0.15, 0.2) is 36.4 Å². The standard InChI is InChI=1S/C19H19ClN2O4/c1-25-16-9-12-7-8-22(11-13(12)10-17(16)26-2)19(24)18(23)21-15-5-3-14(20)4-6-15/h3-6,9-10H,7-8,11H2,1-2H3,(H,21,23). The van der Waals surface area contributed by atoms with Crippen LogP contribution >= 0.6 is 11.6 Å². The summed E-state index contributed by atoms with van der Waals surface area (Å²) >= 11 is 5.82. The lowest BCUT2D eigenvalue weighted by Crippen LogP contribution is -2.42. The van der Waals surface area contributed by atoms with Crippen LogP contribution in [0.4, 0.5) is 5.69 Å². The Labute approximate surface area is 156 Å². The summed E-state index contributed by atoms with van der Waals surface area (Å²) in [7, 11) is 3.15. The van der Waals surface area contributed by atoms with Gasteiger partial charge in [-0.1, -0.05) is 11.6 Å². The Hall–Kier alpha value is -2.73. The molecule has 0 unspecified atom stereocenters. The van der Waals surface area contributed by atoms with E-state index < -0.39 is 11.8 Å². The topological polar surface area (TPSA) is 67.9 Å². The summed E-state index contributed by atoms with van der Waals surface area (Å²) in [5.41, 5.74) is 2.56. The van der Waals surface area contributed by atoms with E-state index in [2.05, 4.69) is 5.32 Å². The SMILES string of the molecule is COc1cc2c(cc1OC)CN(C(=O)C(=O)Nc1ccc(Cl)cc1)CC2. The maximum atomic E-state index is 12.5. The van der Waals surface area contributed by atoms with Gasteiger partial charge < -0.3 is 19.7 Å². The lowest BCUT2D eigenvalue weighted by molar-refractivity contribution is -0.143. The lowest BCUT2D eigenvalue weighted by Gasteiger charge is -2.29. The molecule has 2 aromatic carbocycles. The van der Waals surface area contributed by atoms with Gasteiger partial charge in [-0.2, -0.15) is 0 Å². The second-order valence-corrected chi connectivity index (χ2v) is 6.35. The molecule has 0 aromatic heterocycles. The molecule has 0 aliphatic carbocycles. The number of hydrogen-bond donors (Lipinski definition) is 1. The molecule has 1 aliphatic heterocycles. The molecule has 6 nitrogen and oxygen atoms in total. The molecule has 1 aliphatic rings. The van der Waals surface area contributed by atoms with Crippen molar-refractivity contribution < 1.29 is 19.1 Å². The molecule has 7 heteroatoms. The van der Waals surface area contributed by atoms with Crippen LogP contribution in [0.25, 0.3) is 0 Å². The Balaban J connectivity index is 1.72. The van der Waals surface area contributed by atoms with Crippen molar-refractivity contribution in [1.82, 2.24) is 4.90 Å². The van der Waals surface area contributed by atoms with Crippen molar-refractivity contribution in [1.29, 1.82) is 0 Å². The first-order chi connectivity index (χ1) is 12.5. The highest BCUT2D eigenvalue weighted by Crippen LogP contribution is 2.33. The summed E-state index contributed by atoms with van der Waals surface area (Å²) in [6.07, 6.45) is 0.648. The highest BCUT2D eigenvalue weighted by molar-refractivity contribution is 6.39. The Morgan fingerprint density at radius 1 is 1.04 bits per heavy atom. The number of nitrogens with one attached hydrogen (secondary N) is 1. The minimum Gasteiger partial charge on any atom is -0.493 e. The lowest BCUT2D eigenvalue weighted by atomic mass is 9.98. The Bertz CT molecular complexity index is 836. The molecular weight excluding hydrogens is 356 g/mol. The molecular formula is C19H19ClN2O4. The molecule has 1 heterocycles. The molecule has 0 radical (unpaired) electrons. The largest absolute Gasteiger partial charge is 0.493 e. The number of methoxy groups -OCH3 is 2. The van der Waals surface area contributed by atoms with E-state index >= 15 is 0 Å². The van der Waals surface area contributed by atoms with E-state index in [0.717, 1.165) is 11.1 Å². The Morgan fingerprint density at radius 2 is 1.65 bits per heavy atom. The maximum absolute atomic E-state index is 12.5. The van der Waals surface area contributed by atoms with Crippen LogP contribution in [0, 0.1) is 0 Å². The minimum atomic E-state index is -0.670. The van der Waals surface area contributed by atoms with Crippen LogP contribution in [0.2, 0.25) is 5.02 Å². The summed E-state index contributed by atoms with van der Waals surface area (Å²) in [5, 5.41) is 3.16. The summed E-state index contributed by atoms with van der Waals surface area (Å²) in [4.78, 5) is 26.3. The van der Waals surface area contributed by atoms with Crippen LogP contribution in [0.5, 0.6) is 11.5 Å². The van der Waals surface area contributed by atoms with E-state index in [-0.39, 0.29) is 0 Å². The van der Waals surface area contributed by atoms with Gasteiger partial charge in [0.15, 0.2) is 11.5 Å². The van der Waals surface area contributed by atoms with E-state index in [1.165, 1.54) is 4.90 Å². The number of rotatable bonds is 3. The quantitative estimate of drug-likeness (QED) is 0.839. The van der Waals surface area contributed by atoms with Crippen LogP contribution < -0.4 is 14.8 Å². The number of carbonyl (C=O) groups excluding carboxylic acids is 2. The molecule has 26 heavy (non-hydrogen) atoms. The van der Waals surface area contributed by atoms with E-state index in [9.17, 15) is 9.59 Å². The predicted molar refractivity (Wildman–Crippen MR) is 98.7 cm³/mol. The average Bonchev–Trinajstić information content (AvgIpc) is 2.67. The first kappa shape index (κ1) is 18.1. The van der Waals surface area contributed by atoms with Gasteiger partial charge in [0.05, 0.1) is 14.2 Å². The van der Waals surface area contributed by atoms with Gasteiger partial charge in [-0.25, -0.2) is 0 Å². The number of anilines is 1. The third kappa shape index (κ3) is 3.75. The van der Waals surface area contributed by atoms with Gasteiger partial charge in [-0.15, -0.1) is 0 Å². The fraction of sp³-hybridized carbons (Fsp3) is 0.263. The highest BCUT2D eigenvalue weighted by atomic mass is 35.5. The van der Waals surface area contributed by atoms with E-state index in [4.69, 9.17) is 21.1 Å². The van der Waals surface area contributed by atoms with Gasteiger partial charge >= 0.3 is 11.8 Å². The predicted octanol–water partition coefficient (Wildman–Crippen LogP) is 2.88. The molecule has 136 valence electrons. The molecule has 3 rings (SSSR count). The fourth-order valence-corrected chi connectivity index (χ4v) is 3.04. The van der Waals surface area contributed by atoms with Gasteiger partial charge in [0.2, 0.25) is 0 Å². The monoisotopic (exact) mass is 374 g/mol. The zero-order valence-electron chi connectivity index (χ0n) is 14.5. The smallest absolute Gasteiger partial charge is 0.313 e. The third-order valence-corrected chi connectivity index (χ3v) is 4.55. The molecule has 2 aromatic rings. The summed E-state index contributed by atoms with van der Waals surface area (Å²) in [5.74, 6) is 0.0225. The van der Waals surface area contributed by atoms with Crippen molar-refractivity contribution in [2.24, 2.45) is 0 Å². The summed E-state index contributed by atoms with van der Waals surface area (Å²) in [6.45, 7) is 0.817. The van der Waals surface area contributed by atoms with Crippen LogP contribution in [-0.2, 0) is 22.6 Å². The van der Waals surface area contributed by atoms with Gasteiger partial charge in [0.1, 0.15) is 0 Å². The molecule has 0 atom stereocenters. The summed E-state index contributed by atoms with van der Waals surface area (Å²) < 4.78 is 10.6. The number of carbonyl (C=O) groups is 2. The van der Waals surface area contributed by atoms with Crippen LogP contribution in [0.1, 0.15) is 11.1 Å². The van der Waals surface area contributed by atoms with Crippen molar-refractivity contribution in [3.05, 3.63) is 52.5 Å². The zero-order valence-corrected chi connectivity index (χ0v) is 15.3. The first-order valence-corrected chi connectivity index (χ1v) is 8.49. The van der Waals surface area contributed by atoms with Crippen LogP contribution in [-0.4, -0.2) is 37.5 Å². The van der Waals surface area contributed by atoms with Gasteiger partial charge in [0.25, 0.3) is 0 Å². The molecule has 0 spiro atoms. The molecule has 1 N–H and O–H groups in total. The number of benzene rings is 2.